The minimum absolute atomic E-state index is 0.0539. The van der Waals surface area contributed by atoms with Crippen molar-refractivity contribution in [1.29, 1.82) is 0 Å². The fraction of sp³-hybridized carbons (Fsp3) is 0.250. The second kappa shape index (κ2) is 4.37. The number of aromatic nitrogens is 1. The van der Waals surface area contributed by atoms with Gasteiger partial charge in [0, 0.05) is 11.6 Å². The smallest absolute Gasteiger partial charge is 0.254 e. The summed E-state index contributed by atoms with van der Waals surface area (Å²) in [5, 5.41) is 3.90. The number of H-pyrrole nitrogens is 1. The lowest BCUT2D eigenvalue weighted by Gasteiger charge is -2.11. The molecule has 0 aliphatic carbocycles. The van der Waals surface area contributed by atoms with E-state index in [9.17, 15) is 4.79 Å². The van der Waals surface area contributed by atoms with E-state index in [0.717, 1.165) is 10.9 Å². The molecule has 0 fully saturated rings. The molecule has 0 saturated heterocycles. The summed E-state index contributed by atoms with van der Waals surface area (Å²) < 4.78 is 0. The number of hydrogen-bond acceptors (Lipinski definition) is 2. The van der Waals surface area contributed by atoms with E-state index >= 15 is 0 Å². The van der Waals surface area contributed by atoms with Crippen molar-refractivity contribution in [3.8, 4) is 0 Å². The zero-order chi connectivity index (χ0) is 11.5. The van der Waals surface area contributed by atoms with Gasteiger partial charge in [-0.1, -0.05) is 12.1 Å². The van der Waals surface area contributed by atoms with Gasteiger partial charge < -0.3 is 10.3 Å². The van der Waals surface area contributed by atoms with Crippen molar-refractivity contribution in [2.45, 2.75) is 0 Å². The number of carbonyl (C=O) groups excluding carboxylic acids is 1. The maximum atomic E-state index is 11.9. The van der Waals surface area contributed by atoms with Gasteiger partial charge in [0.2, 0.25) is 0 Å². The van der Waals surface area contributed by atoms with Crippen LogP contribution in [0.4, 0.5) is 0 Å². The molecule has 1 aromatic carbocycles. The van der Waals surface area contributed by atoms with Crippen molar-refractivity contribution in [3.05, 3.63) is 36.0 Å². The van der Waals surface area contributed by atoms with Crippen LogP contribution in [-0.4, -0.2) is 36.6 Å². The number of carbonyl (C=O) groups is 1. The Bertz CT molecular complexity index is 502. The maximum Gasteiger partial charge on any atom is 0.254 e. The molecular formula is C12H15N3O. The molecule has 2 N–H and O–H groups in total. The van der Waals surface area contributed by atoms with Crippen molar-refractivity contribution in [1.82, 2.24) is 15.2 Å². The largest absolute Gasteiger partial charge is 0.361 e. The highest BCUT2D eigenvalue weighted by atomic mass is 16.1. The third-order valence-corrected chi connectivity index (χ3v) is 2.39. The summed E-state index contributed by atoms with van der Waals surface area (Å²) in [7, 11) is 3.82. The number of nitrogens with zero attached hydrogens (tertiary/aromatic N) is 1. The molecule has 0 radical (unpaired) electrons. The minimum Gasteiger partial charge on any atom is -0.361 e. The second-order valence-corrected chi connectivity index (χ2v) is 3.99. The van der Waals surface area contributed by atoms with Crippen LogP contribution in [0.3, 0.4) is 0 Å². The van der Waals surface area contributed by atoms with Gasteiger partial charge in [-0.15, -0.1) is 0 Å². The molecule has 4 nitrogen and oxygen atoms in total. The van der Waals surface area contributed by atoms with Gasteiger partial charge >= 0.3 is 0 Å². The van der Waals surface area contributed by atoms with E-state index in [1.807, 2.05) is 49.5 Å². The van der Waals surface area contributed by atoms with E-state index in [-0.39, 0.29) is 5.91 Å². The van der Waals surface area contributed by atoms with Crippen LogP contribution in [0, 0.1) is 0 Å². The Morgan fingerprint density at radius 2 is 2.19 bits per heavy atom. The zero-order valence-electron chi connectivity index (χ0n) is 9.45. The molecule has 0 atom stereocenters. The lowest BCUT2D eigenvalue weighted by atomic mass is 10.1. The van der Waals surface area contributed by atoms with Crippen LogP contribution in [0.25, 0.3) is 10.9 Å². The molecule has 0 spiro atoms. The van der Waals surface area contributed by atoms with E-state index in [4.69, 9.17) is 0 Å². The van der Waals surface area contributed by atoms with Gasteiger partial charge in [0.1, 0.15) is 0 Å². The maximum absolute atomic E-state index is 11.9. The van der Waals surface area contributed by atoms with Crippen LogP contribution >= 0.6 is 0 Å². The standard InChI is InChI=1S/C12H15N3O/c1-15(2)8-14-12(16)10-5-3-4-9-6-7-13-11(9)10/h3-7,13H,8H2,1-2H3,(H,14,16). The monoisotopic (exact) mass is 217 g/mol. The molecule has 2 aromatic rings. The van der Waals surface area contributed by atoms with Crippen molar-refractivity contribution in [2.24, 2.45) is 0 Å². The first kappa shape index (κ1) is 10.7. The fourth-order valence-corrected chi connectivity index (χ4v) is 1.60. The molecule has 2 rings (SSSR count). The summed E-state index contributed by atoms with van der Waals surface area (Å²) in [6.45, 7) is 0.538. The van der Waals surface area contributed by atoms with E-state index in [0.29, 0.717) is 12.2 Å². The topological polar surface area (TPSA) is 48.1 Å². The van der Waals surface area contributed by atoms with Gasteiger partial charge in [0.15, 0.2) is 0 Å². The van der Waals surface area contributed by atoms with Crippen molar-refractivity contribution < 1.29 is 4.79 Å². The van der Waals surface area contributed by atoms with Crippen molar-refractivity contribution >= 4 is 16.8 Å². The molecule has 0 aliphatic rings. The average Bonchev–Trinajstić information content (AvgIpc) is 2.73. The minimum atomic E-state index is -0.0539. The number of hydrogen-bond donors (Lipinski definition) is 2. The highest BCUT2D eigenvalue weighted by Gasteiger charge is 2.09. The highest BCUT2D eigenvalue weighted by Crippen LogP contribution is 2.16. The number of aromatic amines is 1. The summed E-state index contributed by atoms with van der Waals surface area (Å²) in [6.07, 6.45) is 1.84. The number of rotatable bonds is 3. The number of para-hydroxylation sites is 1. The predicted octanol–water partition coefficient (Wildman–Crippen LogP) is 1.42. The summed E-state index contributed by atoms with van der Waals surface area (Å²) >= 11 is 0. The van der Waals surface area contributed by atoms with E-state index in [2.05, 4.69) is 10.3 Å². The van der Waals surface area contributed by atoms with Gasteiger partial charge in [-0.25, -0.2) is 0 Å². The highest BCUT2D eigenvalue weighted by molar-refractivity contribution is 6.05. The zero-order valence-corrected chi connectivity index (χ0v) is 9.45. The number of fused-ring (bicyclic) bond motifs is 1. The van der Waals surface area contributed by atoms with Crippen LogP contribution in [-0.2, 0) is 0 Å². The molecule has 16 heavy (non-hydrogen) atoms. The van der Waals surface area contributed by atoms with Gasteiger partial charge in [0.05, 0.1) is 17.7 Å². The molecule has 4 heteroatoms. The van der Waals surface area contributed by atoms with Crippen LogP contribution in [0.15, 0.2) is 30.5 Å². The second-order valence-electron chi connectivity index (χ2n) is 3.99. The predicted molar refractivity (Wildman–Crippen MR) is 64.3 cm³/mol. The average molecular weight is 217 g/mol. The Balaban J connectivity index is 2.25. The molecule has 0 aliphatic heterocycles. The van der Waals surface area contributed by atoms with Gasteiger partial charge in [-0.05, 0) is 26.2 Å². The van der Waals surface area contributed by atoms with Crippen molar-refractivity contribution in [2.75, 3.05) is 20.8 Å². The first-order chi connectivity index (χ1) is 7.68. The Hall–Kier alpha value is -1.81. The molecule has 1 heterocycles. The van der Waals surface area contributed by atoms with Crippen molar-refractivity contribution in [3.63, 3.8) is 0 Å². The Morgan fingerprint density at radius 1 is 1.38 bits per heavy atom. The SMILES string of the molecule is CN(C)CNC(=O)c1cccc2cc[nH]c12. The number of benzene rings is 1. The number of nitrogens with one attached hydrogen (secondary N) is 2. The molecule has 0 unspecified atom stereocenters. The fourth-order valence-electron chi connectivity index (χ4n) is 1.60. The summed E-state index contributed by atoms with van der Waals surface area (Å²) in [6, 6.07) is 7.65. The van der Waals surface area contributed by atoms with Crippen LogP contribution in [0.2, 0.25) is 0 Å². The van der Waals surface area contributed by atoms with Crippen LogP contribution in [0.5, 0.6) is 0 Å². The summed E-state index contributed by atoms with van der Waals surface area (Å²) in [5.41, 5.74) is 1.57. The van der Waals surface area contributed by atoms with E-state index < -0.39 is 0 Å². The van der Waals surface area contributed by atoms with E-state index in [1.165, 1.54) is 0 Å². The van der Waals surface area contributed by atoms with Gasteiger partial charge in [-0.3, -0.25) is 9.69 Å². The summed E-state index contributed by atoms with van der Waals surface area (Å²) in [5.74, 6) is -0.0539. The quantitative estimate of drug-likeness (QED) is 0.764. The lowest BCUT2D eigenvalue weighted by Crippen LogP contribution is -2.33. The molecule has 0 saturated carbocycles. The van der Waals surface area contributed by atoms with Crippen LogP contribution < -0.4 is 5.32 Å². The third kappa shape index (κ3) is 2.06. The Morgan fingerprint density at radius 3 is 2.94 bits per heavy atom. The Labute approximate surface area is 94.3 Å². The third-order valence-electron chi connectivity index (χ3n) is 2.39. The van der Waals surface area contributed by atoms with Gasteiger partial charge in [-0.2, -0.15) is 0 Å². The van der Waals surface area contributed by atoms with Crippen LogP contribution in [0.1, 0.15) is 10.4 Å². The molecule has 1 amide bonds. The molecular weight excluding hydrogens is 202 g/mol. The van der Waals surface area contributed by atoms with E-state index in [1.54, 1.807) is 0 Å². The lowest BCUT2D eigenvalue weighted by molar-refractivity contribution is 0.0937. The first-order valence-corrected chi connectivity index (χ1v) is 5.17. The first-order valence-electron chi connectivity index (χ1n) is 5.17. The Kier molecular flexibility index (Phi) is 2.92. The summed E-state index contributed by atoms with van der Waals surface area (Å²) in [4.78, 5) is 16.9. The normalized spacial score (nSPS) is 10.9. The van der Waals surface area contributed by atoms with Gasteiger partial charge in [0.25, 0.3) is 5.91 Å². The molecule has 0 bridgehead atoms. The molecule has 1 aromatic heterocycles. The molecule has 84 valence electrons. The number of amides is 1.